The molecule has 2 aliphatic heterocycles. The highest BCUT2D eigenvalue weighted by Crippen LogP contribution is 2.33. The summed E-state index contributed by atoms with van der Waals surface area (Å²) < 4.78 is 35.2. The monoisotopic (exact) mass is 363 g/mol. The van der Waals surface area contributed by atoms with E-state index in [2.05, 4.69) is 10.3 Å². The number of halogens is 2. The highest BCUT2D eigenvalue weighted by molar-refractivity contribution is 5.49. The maximum atomic E-state index is 14.8. The quantitative estimate of drug-likeness (QED) is 0.857. The molecule has 26 heavy (non-hydrogen) atoms. The van der Waals surface area contributed by atoms with Gasteiger partial charge < -0.3 is 10.1 Å². The van der Waals surface area contributed by atoms with Crippen LogP contribution in [0.25, 0.3) is 0 Å². The molecule has 0 spiro atoms. The minimum atomic E-state index is -1.49. The van der Waals surface area contributed by atoms with Crippen LogP contribution in [0, 0.1) is 5.82 Å². The van der Waals surface area contributed by atoms with Crippen LogP contribution < -0.4 is 16.6 Å². The number of H-pyrrole nitrogens is 1. The van der Waals surface area contributed by atoms with Crippen LogP contribution in [0.15, 0.2) is 33.9 Å². The molecule has 1 saturated heterocycles. The van der Waals surface area contributed by atoms with Gasteiger partial charge in [-0.3, -0.25) is 14.3 Å². The molecule has 6 nitrogen and oxygen atoms in total. The lowest BCUT2D eigenvalue weighted by Gasteiger charge is -2.31. The smallest absolute Gasteiger partial charge is 0.330 e. The Morgan fingerprint density at radius 2 is 1.88 bits per heavy atom. The van der Waals surface area contributed by atoms with Crippen molar-refractivity contribution in [1.82, 2.24) is 9.55 Å². The Balaban J connectivity index is 1.74. The number of nitrogens with zero attached hydrogens (tertiary/aromatic N) is 1. The molecule has 1 fully saturated rings. The van der Waals surface area contributed by atoms with Crippen molar-refractivity contribution in [3.8, 4) is 0 Å². The summed E-state index contributed by atoms with van der Waals surface area (Å²) in [5.74, 6) is -0.362. The van der Waals surface area contributed by atoms with Gasteiger partial charge in [0.2, 0.25) is 0 Å². The Hall–Kier alpha value is -2.48. The van der Waals surface area contributed by atoms with E-state index in [9.17, 15) is 18.4 Å². The molecule has 0 radical (unpaired) electrons. The Morgan fingerprint density at radius 1 is 1.15 bits per heavy atom. The van der Waals surface area contributed by atoms with Gasteiger partial charge in [-0.25, -0.2) is 13.6 Å². The van der Waals surface area contributed by atoms with Crippen molar-refractivity contribution in [1.29, 1.82) is 0 Å². The molecule has 0 bridgehead atoms. The van der Waals surface area contributed by atoms with Crippen LogP contribution in [0.2, 0.25) is 0 Å². The number of rotatable bonds is 2. The first kappa shape index (κ1) is 17.0. The van der Waals surface area contributed by atoms with Crippen molar-refractivity contribution in [2.24, 2.45) is 0 Å². The molecule has 138 valence electrons. The van der Waals surface area contributed by atoms with E-state index in [1.54, 1.807) is 6.07 Å². The van der Waals surface area contributed by atoms with Gasteiger partial charge in [0.05, 0.1) is 11.6 Å². The molecule has 1 aromatic heterocycles. The largest absolute Gasteiger partial charge is 0.381 e. The molecule has 1 aromatic carbocycles. The fourth-order valence-electron chi connectivity index (χ4n) is 3.73. The second-order valence-electron chi connectivity index (χ2n) is 6.67. The number of nitrogens with one attached hydrogen (secondary N) is 2. The summed E-state index contributed by atoms with van der Waals surface area (Å²) in [6, 6.07) is 4.67. The molecular weight excluding hydrogens is 344 g/mol. The fourth-order valence-corrected chi connectivity index (χ4v) is 3.73. The predicted octanol–water partition coefficient (Wildman–Crippen LogP) is 2.07. The molecule has 0 unspecified atom stereocenters. The number of anilines is 1. The average Bonchev–Trinajstić information content (AvgIpc) is 2.64. The zero-order valence-electron chi connectivity index (χ0n) is 14.0. The van der Waals surface area contributed by atoms with Crippen LogP contribution in [0.4, 0.5) is 14.6 Å². The number of benzene rings is 1. The molecule has 3 heterocycles. The van der Waals surface area contributed by atoms with Crippen molar-refractivity contribution in [3.63, 3.8) is 0 Å². The molecule has 8 heteroatoms. The molecule has 4 rings (SSSR count). The minimum Gasteiger partial charge on any atom is -0.381 e. The maximum Gasteiger partial charge on any atom is 0.330 e. The second kappa shape index (κ2) is 6.68. The normalized spacial score (nSPS) is 23.3. The van der Waals surface area contributed by atoms with Crippen molar-refractivity contribution < 1.29 is 13.5 Å². The molecule has 0 amide bonds. The van der Waals surface area contributed by atoms with Gasteiger partial charge >= 0.3 is 5.69 Å². The fraction of sp³-hybridized carbons (Fsp3) is 0.444. The van der Waals surface area contributed by atoms with Gasteiger partial charge in [-0.1, -0.05) is 18.2 Å². The van der Waals surface area contributed by atoms with Gasteiger partial charge in [-0.15, -0.1) is 0 Å². The van der Waals surface area contributed by atoms with Crippen molar-refractivity contribution in [2.75, 3.05) is 18.5 Å². The molecule has 2 aliphatic rings. The van der Waals surface area contributed by atoms with E-state index in [4.69, 9.17) is 4.74 Å². The van der Waals surface area contributed by atoms with E-state index in [1.807, 2.05) is 0 Å². The molecule has 0 saturated carbocycles. The van der Waals surface area contributed by atoms with E-state index in [0.717, 1.165) is 0 Å². The van der Waals surface area contributed by atoms with Crippen molar-refractivity contribution in [2.45, 2.75) is 37.5 Å². The Labute approximate surface area is 147 Å². The number of ether oxygens (including phenoxy) is 1. The lowest BCUT2D eigenvalue weighted by atomic mass is 9.93. The van der Waals surface area contributed by atoms with E-state index < -0.39 is 29.3 Å². The van der Waals surface area contributed by atoms with Gasteiger partial charge in [0.25, 0.3) is 5.56 Å². The zero-order valence-corrected chi connectivity index (χ0v) is 14.0. The summed E-state index contributed by atoms with van der Waals surface area (Å²) in [6.07, 6.45) is -0.542. The first-order valence-electron chi connectivity index (χ1n) is 8.66. The third kappa shape index (κ3) is 2.84. The van der Waals surface area contributed by atoms with Crippen LogP contribution in [0.1, 0.15) is 36.1 Å². The Bertz CT molecular complexity index is 934. The number of aromatic nitrogens is 2. The molecular formula is C18H19F2N3O3. The summed E-state index contributed by atoms with van der Waals surface area (Å²) in [6.45, 7) is 0.958. The average molecular weight is 363 g/mol. The van der Waals surface area contributed by atoms with Gasteiger partial charge in [-0.05, 0) is 18.9 Å². The van der Waals surface area contributed by atoms with Crippen LogP contribution in [-0.4, -0.2) is 28.9 Å². The zero-order chi connectivity index (χ0) is 18.3. The standard InChI is InChI=1S/C18H19F2N3O3/c19-13-4-2-1-3-11(13)15-14(20)9-12-16(21-15)22-18(25)23(17(12)24)10-5-7-26-8-6-10/h1-4,10,14-15,21H,5-9H2,(H,22,25)/t14-,15-/m0/s1. The van der Waals surface area contributed by atoms with Gasteiger partial charge in [-0.2, -0.15) is 0 Å². The summed E-state index contributed by atoms with van der Waals surface area (Å²) >= 11 is 0. The summed E-state index contributed by atoms with van der Waals surface area (Å²) in [4.78, 5) is 27.9. The summed E-state index contributed by atoms with van der Waals surface area (Å²) in [5, 5.41) is 2.81. The van der Waals surface area contributed by atoms with Gasteiger partial charge in [0.1, 0.15) is 17.8 Å². The Kier molecular flexibility index (Phi) is 4.36. The summed E-state index contributed by atoms with van der Waals surface area (Å²) in [5.41, 5.74) is -0.674. The predicted molar refractivity (Wildman–Crippen MR) is 91.8 cm³/mol. The van der Waals surface area contributed by atoms with Crippen LogP contribution in [0.3, 0.4) is 0 Å². The van der Waals surface area contributed by atoms with Crippen LogP contribution in [-0.2, 0) is 11.2 Å². The van der Waals surface area contributed by atoms with Gasteiger partial charge in [0, 0.05) is 31.2 Å². The van der Waals surface area contributed by atoms with E-state index >= 15 is 0 Å². The Morgan fingerprint density at radius 3 is 2.62 bits per heavy atom. The minimum absolute atomic E-state index is 0.167. The topological polar surface area (TPSA) is 76.1 Å². The van der Waals surface area contributed by atoms with E-state index in [0.29, 0.717) is 26.1 Å². The number of alkyl halides is 1. The molecule has 0 aliphatic carbocycles. The van der Waals surface area contributed by atoms with Crippen LogP contribution >= 0.6 is 0 Å². The third-order valence-electron chi connectivity index (χ3n) is 5.09. The summed E-state index contributed by atoms with van der Waals surface area (Å²) in [7, 11) is 0. The number of fused-ring (bicyclic) bond motifs is 1. The lowest BCUT2D eigenvalue weighted by Crippen LogP contribution is -2.45. The van der Waals surface area contributed by atoms with E-state index in [1.165, 1.54) is 22.8 Å². The third-order valence-corrected chi connectivity index (χ3v) is 5.09. The van der Waals surface area contributed by atoms with Crippen molar-refractivity contribution in [3.05, 3.63) is 62.0 Å². The number of aromatic amines is 1. The maximum absolute atomic E-state index is 14.8. The van der Waals surface area contributed by atoms with Crippen molar-refractivity contribution >= 4 is 5.82 Å². The van der Waals surface area contributed by atoms with Crippen LogP contribution in [0.5, 0.6) is 0 Å². The van der Waals surface area contributed by atoms with Gasteiger partial charge in [0.15, 0.2) is 0 Å². The lowest BCUT2D eigenvalue weighted by molar-refractivity contribution is 0.0673. The second-order valence-corrected chi connectivity index (χ2v) is 6.67. The first-order chi connectivity index (χ1) is 12.6. The SMILES string of the molecule is O=c1[nH]c2c(c(=O)n1C1CCOCC1)C[C@H](F)[C@H](c1ccccc1F)N2. The highest BCUT2D eigenvalue weighted by Gasteiger charge is 2.34. The molecule has 2 aromatic rings. The number of hydrogen-bond acceptors (Lipinski definition) is 4. The molecule has 2 atom stereocenters. The van der Waals surface area contributed by atoms with E-state index in [-0.39, 0.29) is 29.4 Å². The highest BCUT2D eigenvalue weighted by atomic mass is 19.1. The first-order valence-corrected chi connectivity index (χ1v) is 8.66. The number of hydrogen-bond donors (Lipinski definition) is 2. The molecule has 2 N–H and O–H groups in total.